The largest absolute Gasteiger partial charge is 0.351 e. The fraction of sp³-hybridized carbons (Fsp3) is 0.375. The van der Waals surface area contributed by atoms with Gasteiger partial charge in [0.1, 0.15) is 6.33 Å². The number of aromatic nitrogens is 4. The third-order valence-corrected chi connectivity index (χ3v) is 4.73. The molecule has 2 aromatic rings. The molecule has 6 nitrogen and oxygen atoms in total. The van der Waals surface area contributed by atoms with Crippen LogP contribution >= 0.6 is 11.8 Å². The number of nitrogens with zero attached hydrogens (tertiary/aromatic N) is 4. The van der Waals surface area contributed by atoms with E-state index in [1.54, 1.807) is 24.8 Å². The number of allylic oxidation sites excluding steroid dienone is 1. The average Bonchev–Trinajstić information content (AvgIpc) is 2.98. The number of pyridine rings is 1. The van der Waals surface area contributed by atoms with E-state index >= 15 is 0 Å². The van der Waals surface area contributed by atoms with Gasteiger partial charge in [-0.3, -0.25) is 9.78 Å². The van der Waals surface area contributed by atoms with Gasteiger partial charge in [0, 0.05) is 25.5 Å². The molecule has 2 heterocycles. The van der Waals surface area contributed by atoms with Gasteiger partial charge in [-0.2, -0.15) is 0 Å². The van der Waals surface area contributed by atoms with Gasteiger partial charge < -0.3 is 9.88 Å². The topological polar surface area (TPSA) is 72.7 Å². The molecule has 0 radical (unpaired) electrons. The summed E-state index contributed by atoms with van der Waals surface area (Å²) in [6.45, 7) is 8.86. The maximum absolute atomic E-state index is 12.5. The highest BCUT2D eigenvalue weighted by atomic mass is 32.2. The predicted octanol–water partition coefficient (Wildman–Crippen LogP) is 2.29. The molecule has 0 aliphatic heterocycles. The molecule has 122 valence electrons. The van der Waals surface area contributed by atoms with Crippen LogP contribution in [0.15, 0.2) is 48.7 Å². The van der Waals surface area contributed by atoms with Crippen LogP contribution in [0.5, 0.6) is 0 Å². The summed E-state index contributed by atoms with van der Waals surface area (Å²) in [5.74, 6) is 0.157. The van der Waals surface area contributed by atoms with E-state index in [9.17, 15) is 4.79 Å². The van der Waals surface area contributed by atoms with Gasteiger partial charge in [0.25, 0.3) is 0 Å². The van der Waals surface area contributed by atoms with Gasteiger partial charge in [-0.05, 0) is 17.5 Å². The number of amides is 1. The Labute approximate surface area is 140 Å². The first kappa shape index (κ1) is 17.2. The quantitative estimate of drug-likeness (QED) is 0.593. The van der Waals surface area contributed by atoms with Crippen molar-refractivity contribution in [2.24, 2.45) is 5.92 Å². The number of thioether (sulfide) groups is 1. The highest BCUT2D eigenvalue weighted by Crippen LogP contribution is 2.26. The van der Waals surface area contributed by atoms with Crippen LogP contribution in [0.25, 0.3) is 0 Å². The molecule has 0 bridgehead atoms. The maximum atomic E-state index is 12.5. The lowest BCUT2D eigenvalue weighted by molar-refractivity contribution is -0.121. The van der Waals surface area contributed by atoms with Gasteiger partial charge in [-0.15, -0.1) is 16.8 Å². The fourth-order valence-electron chi connectivity index (χ4n) is 2.00. The Kier molecular flexibility index (Phi) is 6.34. The third kappa shape index (κ3) is 4.92. The smallest absolute Gasteiger partial charge is 0.234 e. The van der Waals surface area contributed by atoms with E-state index in [0.29, 0.717) is 13.1 Å². The first-order valence-electron chi connectivity index (χ1n) is 7.43. The molecule has 7 heteroatoms. The van der Waals surface area contributed by atoms with E-state index < -0.39 is 0 Å². The second-order valence-corrected chi connectivity index (χ2v) is 6.52. The molecule has 0 saturated carbocycles. The predicted molar refractivity (Wildman–Crippen MR) is 90.8 cm³/mol. The first-order valence-corrected chi connectivity index (χ1v) is 8.31. The monoisotopic (exact) mass is 331 g/mol. The molecule has 0 saturated heterocycles. The molecule has 2 rings (SSSR count). The van der Waals surface area contributed by atoms with Crippen LogP contribution in [0.1, 0.15) is 19.4 Å². The summed E-state index contributed by atoms with van der Waals surface area (Å²) in [5, 5.41) is 11.5. The Hall–Kier alpha value is -2.15. The number of carbonyl (C=O) groups excluding carboxylic acids is 1. The van der Waals surface area contributed by atoms with Gasteiger partial charge in [0.15, 0.2) is 5.16 Å². The molecule has 0 aromatic carbocycles. The molecular formula is C16H21N5OS. The minimum atomic E-state index is -0.237. The summed E-state index contributed by atoms with van der Waals surface area (Å²) in [4.78, 5) is 16.6. The van der Waals surface area contributed by atoms with Crippen LogP contribution in [0, 0.1) is 5.92 Å². The van der Waals surface area contributed by atoms with E-state index in [0.717, 1.165) is 10.7 Å². The summed E-state index contributed by atoms with van der Waals surface area (Å²) in [7, 11) is 0. The van der Waals surface area contributed by atoms with E-state index in [1.165, 1.54) is 11.8 Å². The van der Waals surface area contributed by atoms with Crippen molar-refractivity contribution < 1.29 is 4.79 Å². The van der Waals surface area contributed by atoms with E-state index in [1.807, 2.05) is 30.5 Å². The van der Waals surface area contributed by atoms with Crippen molar-refractivity contribution in [3.63, 3.8) is 0 Å². The van der Waals surface area contributed by atoms with Crippen molar-refractivity contribution in [1.29, 1.82) is 0 Å². The van der Waals surface area contributed by atoms with E-state index in [4.69, 9.17) is 0 Å². The molecule has 0 spiro atoms. The van der Waals surface area contributed by atoms with Gasteiger partial charge in [0.2, 0.25) is 5.91 Å². The maximum Gasteiger partial charge on any atom is 0.234 e. The lowest BCUT2D eigenvalue weighted by atomic mass is 10.1. The van der Waals surface area contributed by atoms with Crippen LogP contribution in [-0.4, -0.2) is 30.9 Å². The summed E-state index contributed by atoms with van der Waals surface area (Å²) in [6, 6.07) is 3.79. The van der Waals surface area contributed by atoms with E-state index in [-0.39, 0.29) is 17.1 Å². The second kappa shape index (κ2) is 8.47. The molecule has 0 aliphatic rings. The average molecular weight is 331 g/mol. The minimum Gasteiger partial charge on any atom is -0.351 e. The number of hydrogen-bond acceptors (Lipinski definition) is 5. The van der Waals surface area contributed by atoms with Crippen molar-refractivity contribution in [3.05, 3.63) is 49.1 Å². The summed E-state index contributed by atoms with van der Waals surface area (Å²) in [5.41, 5.74) is 0.975. The fourth-order valence-corrected chi connectivity index (χ4v) is 3.04. The van der Waals surface area contributed by atoms with Crippen LogP contribution in [0.4, 0.5) is 0 Å². The SMILES string of the molecule is C=CCn1cnnc1S[C@@H](C(=O)NCc1cccnc1)C(C)C. The summed E-state index contributed by atoms with van der Waals surface area (Å²) in [6.07, 6.45) is 6.89. The summed E-state index contributed by atoms with van der Waals surface area (Å²) < 4.78 is 1.88. The lowest BCUT2D eigenvalue weighted by Gasteiger charge is -2.19. The molecular weight excluding hydrogens is 310 g/mol. The van der Waals surface area contributed by atoms with Gasteiger partial charge in [-0.25, -0.2) is 0 Å². The van der Waals surface area contributed by atoms with E-state index in [2.05, 4.69) is 27.1 Å². The van der Waals surface area contributed by atoms with Crippen molar-refractivity contribution in [3.8, 4) is 0 Å². The standard InChI is InChI=1S/C16H21N5OS/c1-4-8-21-11-19-20-16(21)23-14(12(2)3)15(22)18-10-13-6-5-7-17-9-13/h4-7,9,11-12,14H,1,8,10H2,2-3H3,(H,18,22)/t14-/m1/s1. The Balaban J connectivity index is 2.01. The Bertz CT molecular complexity index is 641. The highest BCUT2D eigenvalue weighted by molar-refractivity contribution is 8.00. The molecule has 1 amide bonds. The summed E-state index contributed by atoms with van der Waals surface area (Å²) >= 11 is 1.43. The van der Waals surface area contributed by atoms with Gasteiger partial charge >= 0.3 is 0 Å². The van der Waals surface area contributed by atoms with Gasteiger partial charge in [0.05, 0.1) is 5.25 Å². The highest BCUT2D eigenvalue weighted by Gasteiger charge is 2.25. The van der Waals surface area contributed by atoms with Crippen molar-refractivity contribution >= 4 is 17.7 Å². The van der Waals surface area contributed by atoms with Crippen LogP contribution in [0.2, 0.25) is 0 Å². The van der Waals surface area contributed by atoms with Crippen molar-refractivity contribution in [2.75, 3.05) is 0 Å². The molecule has 1 N–H and O–H groups in total. The zero-order chi connectivity index (χ0) is 16.7. The number of carbonyl (C=O) groups is 1. The molecule has 2 aromatic heterocycles. The second-order valence-electron chi connectivity index (χ2n) is 5.42. The molecule has 0 aliphatic carbocycles. The van der Waals surface area contributed by atoms with Gasteiger partial charge in [-0.1, -0.05) is 37.8 Å². The molecule has 1 atom stereocenters. The molecule has 0 unspecified atom stereocenters. The van der Waals surface area contributed by atoms with Crippen LogP contribution < -0.4 is 5.32 Å². The van der Waals surface area contributed by atoms with Crippen molar-refractivity contribution in [1.82, 2.24) is 25.1 Å². The lowest BCUT2D eigenvalue weighted by Crippen LogP contribution is -2.35. The number of hydrogen-bond donors (Lipinski definition) is 1. The Morgan fingerprint density at radius 2 is 2.35 bits per heavy atom. The normalized spacial score (nSPS) is 12.1. The first-order chi connectivity index (χ1) is 11.1. The van der Waals surface area contributed by atoms with Crippen LogP contribution in [-0.2, 0) is 17.9 Å². The Morgan fingerprint density at radius 1 is 1.52 bits per heavy atom. The minimum absolute atomic E-state index is 0.0120. The number of nitrogens with one attached hydrogen (secondary N) is 1. The Morgan fingerprint density at radius 3 is 3.00 bits per heavy atom. The molecule has 23 heavy (non-hydrogen) atoms. The van der Waals surface area contributed by atoms with Crippen LogP contribution in [0.3, 0.4) is 0 Å². The third-order valence-electron chi connectivity index (χ3n) is 3.19. The van der Waals surface area contributed by atoms with Crippen molar-refractivity contribution in [2.45, 2.75) is 37.3 Å². The number of rotatable bonds is 8. The zero-order valence-electron chi connectivity index (χ0n) is 13.3. The molecule has 0 fully saturated rings. The zero-order valence-corrected chi connectivity index (χ0v) is 14.2.